The molecule has 0 saturated heterocycles. The predicted molar refractivity (Wildman–Crippen MR) is 56.8 cm³/mol. The summed E-state index contributed by atoms with van der Waals surface area (Å²) in [4.78, 5) is 21.6. The van der Waals surface area contributed by atoms with Crippen molar-refractivity contribution in [3.63, 3.8) is 0 Å². The largest absolute Gasteiger partial charge is 0.481 e. The number of carbonyl (C=O) groups is 2. The van der Waals surface area contributed by atoms with Gasteiger partial charge in [-0.05, 0) is 19.8 Å². The summed E-state index contributed by atoms with van der Waals surface area (Å²) in [7, 11) is 0. The molecule has 1 unspecified atom stereocenters. The molecule has 2 N–H and O–H groups in total. The van der Waals surface area contributed by atoms with Crippen molar-refractivity contribution in [2.45, 2.75) is 45.0 Å². The minimum Gasteiger partial charge on any atom is -0.481 e. The first-order chi connectivity index (χ1) is 7.79. The molecule has 0 aromatic rings. The van der Waals surface area contributed by atoms with E-state index in [0.717, 1.165) is 0 Å². The van der Waals surface area contributed by atoms with Gasteiger partial charge in [-0.25, -0.2) is 8.78 Å². The molecule has 0 bridgehead atoms. The number of unbranched alkanes of at least 4 members (excludes halogenated alkanes) is 2. The number of hydrogen-bond donors (Lipinski definition) is 2. The topological polar surface area (TPSA) is 66.4 Å². The lowest BCUT2D eigenvalue weighted by atomic mass is 10.1. The van der Waals surface area contributed by atoms with Gasteiger partial charge in [-0.1, -0.05) is 6.42 Å². The van der Waals surface area contributed by atoms with Crippen molar-refractivity contribution < 1.29 is 23.5 Å². The molecule has 4 nitrogen and oxygen atoms in total. The molecule has 1 aliphatic carbocycles. The summed E-state index contributed by atoms with van der Waals surface area (Å²) in [5.74, 6) is -4.33. The van der Waals surface area contributed by atoms with Crippen LogP contribution in [0.4, 0.5) is 8.78 Å². The normalized spacial score (nSPS) is 25.4. The molecule has 0 radical (unpaired) electrons. The van der Waals surface area contributed by atoms with Gasteiger partial charge in [0.15, 0.2) is 0 Å². The number of aliphatic carboxylic acids is 1. The minimum atomic E-state index is -2.87. The van der Waals surface area contributed by atoms with E-state index in [1.807, 2.05) is 0 Å². The molecule has 6 heteroatoms. The van der Waals surface area contributed by atoms with E-state index >= 15 is 0 Å². The van der Waals surface area contributed by atoms with Crippen molar-refractivity contribution in [2.75, 3.05) is 6.54 Å². The number of carboxylic acids is 1. The summed E-state index contributed by atoms with van der Waals surface area (Å²) in [6.07, 6.45) is 1.54. The third-order valence-electron chi connectivity index (χ3n) is 3.11. The molecule has 98 valence electrons. The predicted octanol–water partition coefficient (Wildman–Crippen LogP) is 1.79. The molecule has 1 saturated carbocycles. The lowest BCUT2D eigenvalue weighted by Crippen LogP contribution is -2.34. The fraction of sp³-hybridized carbons (Fsp3) is 0.818. The van der Waals surface area contributed by atoms with E-state index in [1.165, 1.54) is 6.92 Å². The van der Waals surface area contributed by atoms with Gasteiger partial charge in [0.1, 0.15) is 5.41 Å². The molecule has 0 spiro atoms. The Morgan fingerprint density at radius 2 is 1.88 bits per heavy atom. The third-order valence-corrected chi connectivity index (χ3v) is 3.11. The highest BCUT2D eigenvalue weighted by atomic mass is 19.3. The van der Waals surface area contributed by atoms with Crippen molar-refractivity contribution in [1.82, 2.24) is 5.32 Å². The van der Waals surface area contributed by atoms with Crippen LogP contribution in [0.15, 0.2) is 0 Å². The van der Waals surface area contributed by atoms with E-state index in [9.17, 15) is 18.4 Å². The molecule has 1 rings (SSSR count). The van der Waals surface area contributed by atoms with Crippen LogP contribution in [-0.2, 0) is 9.59 Å². The highest BCUT2D eigenvalue weighted by Crippen LogP contribution is 2.60. The molecular weight excluding hydrogens is 232 g/mol. The van der Waals surface area contributed by atoms with Crippen LogP contribution in [0.3, 0.4) is 0 Å². The van der Waals surface area contributed by atoms with Gasteiger partial charge in [0.05, 0.1) is 0 Å². The van der Waals surface area contributed by atoms with Crippen LogP contribution in [0.2, 0.25) is 0 Å². The Kier molecular flexibility index (Phi) is 4.06. The summed E-state index contributed by atoms with van der Waals surface area (Å²) in [5, 5.41) is 10.8. The molecule has 0 aliphatic heterocycles. The van der Waals surface area contributed by atoms with E-state index in [1.54, 1.807) is 0 Å². The maximum atomic E-state index is 12.8. The van der Waals surface area contributed by atoms with Crippen LogP contribution in [0.1, 0.15) is 39.0 Å². The molecule has 0 aromatic carbocycles. The van der Waals surface area contributed by atoms with Crippen molar-refractivity contribution in [2.24, 2.45) is 5.41 Å². The molecule has 0 heterocycles. The van der Waals surface area contributed by atoms with E-state index < -0.39 is 23.2 Å². The quantitative estimate of drug-likeness (QED) is 0.676. The van der Waals surface area contributed by atoms with Crippen LogP contribution in [0, 0.1) is 5.41 Å². The zero-order chi connectivity index (χ0) is 13.1. The number of rotatable bonds is 7. The molecule has 1 fully saturated rings. The van der Waals surface area contributed by atoms with Crippen molar-refractivity contribution in [1.29, 1.82) is 0 Å². The highest BCUT2D eigenvalue weighted by Gasteiger charge is 2.72. The average molecular weight is 249 g/mol. The monoisotopic (exact) mass is 249 g/mol. The Morgan fingerprint density at radius 3 is 2.35 bits per heavy atom. The number of carbonyl (C=O) groups excluding carboxylic acids is 1. The maximum absolute atomic E-state index is 12.8. The number of halogens is 2. The zero-order valence-corrected chi connectivity index (χ0v) is 9.76. The number of carboxylic acid groups (broad SMARTS) is 1. The van der Waals surface area contributed by atoms with Gasteiger partial charge in [-0.2, -0.15) is 0 Å². The van der Waals surface area contributed by atoms with Crippen LogP contribution in [-0.4, -0.2) is 29.5 Å². The Bertz CT molecular complexity index is 320. The molecule has 0 aromatic heterocycles. The smallest absolute Gasteiger partial charge is 0.303 e. The standard InChI is InChI=1S/C11H17F2NO3/c1-10(7-11(10,12)13)9(17)14-6-4-2-3-5-8(15)16/h2-7H2,1H3,(H,14,17)(H,15,16). The van der Waals surface area contributed by atoms with Crippen LogP contribution >= 0.6 is 0 Å². The third kappa shape index (κ3) is 3.38. The second-order valence-electron chi connectivity index (χ2n) is 4.67. The number of nitrogens with one attached hydrogen (secondary N) is 1. The Hall–Kier alpha value is -1.20. The Morgan fingerprint density at radius 1 is 1.29 bits per heavy atom. The second kappa shape index (κ2) is 4.98. The molecule has 1 amide bonds. The first-order valence-electron chi connectivity index (χ1n) is 5.67. The van der Waals surface area contributed by atoms with Gasteiger partial charge in [-0.3, -0.25) is 9.59 Å². The van der Waals surface area contributed by atoms with Crippen LogP contribution in [0.25, 0.3) is 0 Å². The molecule has 1 atom stereocenters. The summed E-state index contributed by atoms with van der Waals surface area (Å²) in [5.41, 5.74) is -1.53. The molecular formula is C11H17F2NO3. The Balaban J connectivity index is 2.08. The fourth-order valence-electron chi connectivity index (χ4n) is 1.62. The number of alkyl halides is 2. The minimum absolute atomic E-state index is 0.101. The highest BCUT2D eigenvalue weighted by molar-refractivity contribution is 5.86. The lowest BCUT2D eigenvalue weighted by molar-refractivity contribution is -0.137. The van der Waals surface area contributed by atoms with Gasteiger partial charge in [0.25, 0.3) is 5.92 Å². The fourth-order valence-corrected chi connectivity index (χ4v) is 1.62. The van der Waals surface area contributed by atoms with Gasteiger partial charge in [0.2, 0.25) is 5.91 Å². The number of amides is 1. The van der Waals surface area contributed by atoms with E-state index in [2.05, 4.69) is 5.32 Å². The van der Waals surface area contributed by atoms with Crippen LogP contribution < -0.4 is 5.32 Å². The van der Waals surface area contributed by atoms with E-state index in [0.29, 0.717) is 25.8 Å². The van der Waals surface area contributed by atoms with Gasteiger partial charge in [-0.15, -0.1) is 0 Å². The first-order valence-corrected chi connectivity index (χ1v) is 5.67. The summed E-state index contributed by atoms with van der Waals surface area (Å²) in [6.45, 7) is 1.58. The van der Waals surface area contributed by atoms with Crippen molar-refractivity contribution in [3.8, 4) is 0 Å². The van der Waals surface area contributed by atoms with Gasteiger partial charge >= 0.3 is 5.97 Å². The Labute approximate surface area is 98.4 Å². The zero-order valence-electron chi connectivity index (χ0n) is 9.76. The lowest BCUT2D eigenvalue weighted by Gasteiger charge is -2.10. The maximum Gasteiger partial charge on any atom is 0.303 e. The van der Waals surface area contributed by atoms with E-state index in [-0.39, 0.29) is 12.8 Å². The summed E-state index contributed by atoms with van der Waals surface area (Å²) < 4.78 is 25.6. The SMILES string of the molecule is CC1(C(=O)NCCCCCC(=O)O)CC1(F)F. The molecule has 1 aliphatic rings. The first kappa shape index (κ1) is 13.9. The van der Waals surface area contributed by atoms with E-state index in [4.69, 9.17) is 5.11 Å². The van der Waals surface area contributed by atoms with Crippen molar-refractivity contribution >= 4 is 11.9 Å². The van der Waals surface area contributed by atoms with Gasteiger partial charge < -0.3 is 10.4 Å². The van der Waals surface area contributed by atoms with Gasteiger partial charge in [0, 0.05) is 19.4 Å². The molecule has 17 heavy (non-hydrogen) atoms. The summed E-state index contributed by atoms with van der Waals surface area (Å²) in [6, 6.07) is 0. The second-order valence-corrected chi connectivity index (χ2v) is 4.67. The van der Waals surface area contributed by atoms with Crippen LogP contribution in [0.5, 0.6) is 0 Å². The van der Waals surface area contributed by atoms with Crippen molar-refractivity contribution in [3.05, 3.63) is 0 Å². The summed E-state index contributed by atoms with van der Waals surface area (Å²) >= 11 is 0. The average Bonchev–Trinajstić information content (AvgIpc) is 2.72. The number of hydrogen-bond acceptors (Lipinski definition) is 2.